The van der Waals surface area contributed by atoms with Crippen molar-refractivity contribution in [2.45, 2.75) is 57.8 Å². The smallest absolute Gasteiger partial charge is 0.230 e. The second-order valence-electron chi connectivity index (χ2n) is 12.3. The van der Waals surface area contributed by atoms with Crippen LogP contribution < -0.4 is 10.6 Å². The lowest BCUT2D eigenvalue weighted by Crippen LogP contribution is -2.47. The number of hydrogen-bond acceptors (Lipinski definition) is 9. The maximum Gasteiger partial charge on any atom is 0.230 e. The number of carbonyl (C=O) groups is 5. The van der Waals surface area contributed by atoms with E-state index in [1.807, 2.05) is 12.1 Å². The van der Waals surface area contributed by atoms with Crippen LogP contribution in [0.1, 0.15) is 56.9 Å². The van der Waals surface area contributed by atoms with E-state index in [-0.39, 0.29) is 61.3 Å². The van der Waals surface area contributed by atoms with Gasteiger partial charge in [-0.2, -0.15) is 0 Å². The van der Waals surface area contributed by atoms with Gasteiger partial charge >= 0.3 is 0 Å². The molecule has 5 amide bonds. The van der Waals surface area contributed by atoms with E-state index in [4.69, 9.17) is 18.9 Å². The molecule has 264 valence electrons. The fraction of sp³-hybridized carbons (Fsp3) is 0.629. The number of hydrogen-bond donors (Lipinski definition) is 2. The minimum atomic E-state index is -0.160. The standard InChI is InChI=1S/C35H50N4O9/c1-26-25-30(28-3-2-4-28)35(44)38(26)15-11-31(40)36-14-18-46-20-22-48-24-23-47-21-19-45-17-13-32(41)37-29-8-5-27(6-9-29)7-10-33(42)39-16-12-34(39)43/h5-6,8-9,28,30H,1-4,7,10-25H2,(H,36,40)(H,37,41). The second-order valence-corrected chi connectivity index (χ2v) is 12.3. The number of nitrogens with one attached hydrogen (secondary N) is 2. The van der Waals surface area contributed by atoms with Crippen LogP contribution in [0.2, 0.25) is 0 Å². The summed E-state index contributed by atoms with van der Waals surface area (Å²) in [6.45, 7) is 8.35. The molecule has 2 N–H and O–H groups in total. The Bertz CT molecular complexity index is 1250. The van der Waals surface area contributed by atoms with Gasteiger partial charge in [0, 0.05) is 56.2 Å². The van der Waals surface area contributed by atoms with Gasteiger partial charge in [-0.15, -0.1) is 0 Å². The molecule has 2 aliphatic heterocycles. The largest absolute Gasteiger partial charge is 0.379 e. The van der Waals surface area contributed by atoms with Crippen LogP contribution in [0.15, 0.2) is 36.5 Å². The van der Waals surface area contributed by atoms with Crippen LogP contribution in [0, 0.1) is 11.8 Å². The monoisotopic (exact) mass is 670 g/mol. The molecule has 0 aromatic heterocycles. The summed E-state index contributed by atoms with van der Waals surface area (Å²) < 4.78 is 21.9. The van der Waals surface area contributed by atoms with Crippen LogP contribution in [0.3, 0.4) is 0 Å². The van der Waals surface area contributed by atoms with Crippen LogP contribution in [-0.2, 0) is 49.3 Å². The third-order valence-electron chi connectivity index (χ3n) is 8.88. The maximum atomic E-state index is 12.6. The lowest BCUT2D eigenvalue weighted by Gasteiger charge is -2.29. The molecule has 2 heterocycles. The van der Waals surface area contributed by atoms with Crippen molar-refractivity contribution in [1.82, 2.24) is 15.1 Å². The van der Waals surface area contributed by atoms with E-state index in [2.05, 4.69) is 17.2 Å². The van der Waals surface area contributed by atoms with Gasteiger partial charge in [0.05, 0.1) is 59.3 Å². The van der Waals surface area contributed by atoms with E-state index in [1.165, 1.54) is 11.3 Å². The number of carbonyl (C=O) groups excluding carboxylic acids is 5. The summed E-state index contributed by atoms with van der Waals surface area (Å²) in [7, 11) is 0. The fourth-order valence-corrected chi connectivity index (χ4v) is 5.72. The number of likely N-dealkylation sites (tertiary alicyclic amines) is 2. The van der Waals surface area contributed by atoms with Crippen molar-refractivity contribution in [2.75, 3.05) is 77.8 Å². The molecule has 1 saturated carbocycles. The van der Waals surface area contributed by atoms with Crippen molar-refractivity contribution in [3.05, 3.63) is 42.1 Å². The highest BCUT2D eigenvalue weighted by Crippen LogP contribution is 2.41. The summed E-state index contributed by atoms with van der Waals surface area (Å²) >= 11 is 0. The molecule has 3 aliphatic rings. The van der Waals surface area contributed by atoms with Gasteiger partial charge in [-0.25, -0.2) is 0 Å². The predicted molar refractivity (Wildman–Crippen MR) is 177 cm³/mol. The van der Waals surface area contributed by atoms with Gasteiger partial charge in [-0.3, -0.25) is 28.9 Å². The van der Waals surface area contributed by atoms with Crippen molar-refractivity contribution in [2.24, 2.45) is 11.8 Å². The number of allylic oxidation sites excluding steroid dienone is 1. The lowest BCUT2D eigenvalue weighted by atomic mass is 9.75. The van der Waals surface area contributed by atoms with Gasteiger partial charge in [0.2, 0.25) is 29.5 Å². The first-order valence-electron chi connectivity index (χ1n) is 17.1. The van der Waals surface area contributed by atoms with Crippen molar-refractivity contribution in [3.63, 3.8) is 0 Å². The normalized spacial score (nSPS) is 17.8. The number of imide groups is 1. The number of amides is 5. The van der Waals surface area contributed by atoms with Crippen LogP contribution in [0.4, 0.5) is 5.69 Å². The summed E-state index contributed by atoms with van der Waals surface area (Å²) in [5.74, 6) is 0.152. The molecule has 13 heteroatoms. The molecule has 13 nitrogen and oxygen atoms in total. The van der Waals surface area contributed by atoms with E-state index in [1.54, 1.807) is 17.0 Å². The maximum absolute atomic E-state index is 12.6. The highest BCUT2D eigenvalue weighted by molar-refractivity contribution is 5.99. The average Bonchev–Trinajstić information content (AvgIpc) is 3.31. The number of nitrogens with zero attached hydrogens (tertiary/aromatic N) is 2. The van der Waals surface area contributed by atoms with Gasteiger partial charge in [-0.05, 0) is 49.3 Å². The van der Waals surface area contributed by atoms with Gasteiger partial charge in [0.25, 0.3) is 0 Å². The summed E-state index contributed by atoms with van der Waals surface area (Å²) in [5.41, 5.74) is 2.46. The minimum absolute atomic E-state index is 0.0586. The zero-order valence-corrected chi connectivity index (χ0v) is 27.9. The molecule has 2 saturated heterocycles. The Morgan fingerprint density at radius 2 is 1.46 bits per heavy atom. The molecule has 1 aliphatic carbocycles. The topological polar surface area (TPSA) is 153 Å². The van der Waals surface area contributed by atoms with Gasteiger partial charge in [0.15, 0.2) is 0 Å². The van der Waals surface area contributed by atoms with Crippen LogP contribution in [0.5, 0.6) is 0 Å². The van der Waals surface area contributed by atoms with E-state index in [0.29, 0.717) is 90.3 Å². The summed E-state index contributed by atoms with van der Waals surface area (Å²) in [5, 5.41) is 5.64. The van der Waals surface area contributed by atoms with Crippen molar-refractivity contribution in [3.8, 4) is 0 Å². The summed E-state index contributed by atoms with van der Waals surface area (Å²) in [6.07, 6.45) is 5.90. The molecule has 1 aromatic carbocycles. The SMILES string of the molecule is C=C1CC(C2CCC2)C(=O)N1CCC(=O)NCCOCCOCCOCCOCCC(=O)Nc1ccc(CCC(=O)N2CCC2=O)cc1. The molecule has 48 heavy (non-hydrogen) atoms. The Morgan fingerprint density at radius 3 is 2.04 bits per heavy atom. The number of ether oxygens (including phenoxy) is 4. The van der Waals surface area contributed by atoms with E-state index < -0.39 is 0 Å². The highest BCUT2D eigenvalue weighted by atomic mass is 16.6. The second kappa shape index (κ2) is 20.0. The molecule has 4 rings (SSSR count). The van der Waals surface area contributed by atoms with Crippen LogP contribution in [0.25, 0.3) is 0 Å². The van der Waals surface area contributed by atoms with Crippen LogP contribution >= 0.6 is 0 Å². The van der Waals surface area contributed by atoms with Crippen molar-refractivity contribution < 1.29 is 42.9 Å². The average molecular weight is 671 g/mol. The Kier molecular flexibility index (Phi) is 15.5. The zero-order chi connectivity index (χ0) is 34.1. The van der Waals surface area contributed by atoms with E-state index in [0.717, 1.165) is 30.5 Å². The first-order chi connectivity index (χ1) is 23.3. The molecular weight excluding hydrogens is 620 g/mol. The summed E-state index contributed by atoms with van der Waals surface area (Å²) in [4.78, 5) is 63.3. The molecule has 1 unspecified atom stereocenters. The Labute approximate surface area is 282 Å². The molecule has 3 fully saturated rings. The number of benzene rings is 1. The number of anilines is 1. The zero-order valence-electron chi connectivity index (χ0n) is 27.9. The van der Waals surface area contributed by atoms with E-state index >= 15 is 0 Å². The van der Waals surface area contributed by atoms with Crippen molar-refractivity contribution >= 4 is 35.2 Å². The molecule has 0 spiro atoms. The Hall–Kier alpha value is -3.65. The van der Waals surface area contributed by atoms with Gasteiger partial charge in [0.1, 0.15) is 0 Å². The predicted octanol–water partition coefficient (Wildman–Crippen LogP) is 2.44. The third kappa shape index (κ3) is 12.1. The lowest BCUT2D eigenvalue weighted by molar-refractivity contribution is -0.152. The number of β-lactam (4-membered cyclic amide) rings is 1. The van der Waals surface area contributed by atoms with Gasteiger partial charge < -0.3 is 34.5 Å². The number of aryl methyl sites for hydroxylation is 1. The Balaban J connectivity index is 0.881. The molecule has 1 atom stereocenters. The fourth-order valence-electron chi connectivity index (χ4n) is 5.72. The third-order valence-corrected chi connectivity index (χ3v) is 8.88. The highest BCUT2D eigenvalue weighted by Gasteiger charge is 2.41. The summed E-state index contributed by atoms with van der Waals surface area (Å²) in [6, 6.07) is 7.30. The first kappa shape index (κ1) is 37.2. The first-order valence-corrected chi connectivity index (χ1v) is 17.1. The minimum Gasteiger partial charge on any atom is -0.379 e. The quantitative estimate of drug-likeness (QED) is 0.132. The molecule has 0 bridgehead atoms. The molecule has 0 radical (unpaired) electrons. The van der Waals surface area contributed by atoms with Crippen molar-refractivity contribution in [1.29, 1.82) is 0 Å². The molecule has 1 aromatic rings. The van der Waals surface area contributed by atoms with Gasteiger partial charge in [-0.1, -0.05) is 25.1 Å². The van der Waals surface area contributed by atoms with E-state index in [9.17, 15) is 24.0 Å². The van der Waals surface area contributed by atoms with Crippen LogP contribution in [-0.4, -0.2) is 112 Å². The molecular formula is C35H50N4O9. The Morgan fingerprint density at radius 1 is 0.812 bits per heavy atom. The number of rotatable bonds is 23.